The Kier molecular flexibility index (Phi) is 20.0. The van der Waals surface area contributed by atoms with Gasteiger partial charge in [0, 0.05) is 32.9 Å². The third-order valence-electron chi connectivity index (χ3n) is 13.5. The molecule has 16 heteroatoms. The second-order valence-corrected chi connectivity index (χ2v) is 19.1. The van der Waals surface area contributed by atoms with E-state index in [2.05, 4.69) is 15.3 Å². The van der Waals surface area contributed by atoms with Gasteiger partial charge < -0.3 is 20.5 Å². The van der Waals surface area contributed by atoms with Crippen LogP contribution < -0.4 is 11.1 Å². The molecular weight excluding hydrogens is 1030 g/mol. The number of rotatable bonds is 17. The Morgan fingerprint density at radius 1 is 0.538 bits per heavy atom. The van der Waals surface area contributed by atoms with Gasteiger partial charge in [-0.1, -0.05) is 133 Å². The standard InChI is InChI=1S/C31H27F5N2O2.C21H20F2N2.C10H11ClO2/c1-21-15-24(17-26(33)16-21)29(18-22-9-5-3-6-10-22,27-14-13-25(32)19-37-27)20-38-28(39)30(40-2,31(34,35)36)23-11-7-4-8-12-23;1-15-9-17(11-19(23)10-15)21(14-24,12-16-5-3-2-4-6-16)20-8-7-18(22)13-25-20;1-10(13-2,9(11)12)8-6-4-3-5-7-8/h3-17,19H,18,20H2,1-2H3,(H,38,39);2-11,13H,12,14,24H2,1H3;3-7H,1-2H3/t29-,30+;21-;10-/m110/s1. The molecule has 78 heavy (non-hydrogen) atoms. The molecule has 406 valence electrons. The Bertz CT molecular complexity index is 3180. The number of nitrogens with one attached hydrogen (secondary N) is 1. The molecule has 0 spiro atoms. The van der Waals surface area contributed by atoms with Gasteiger partial charge in [0.05, 0.1) is 34.6 Å². The maximum absolute atomic E-state index is 14.8. The van der Waals surface area contributed by atoms with Crippen molar-refractivity contribution in [2.45, 2.75) is 61.8 Å². The zero-order valence-corrected chi connectivity index (χ0v) is 44.2. The van der Waals surface area contributed by atoms with Crippen LogP contribution in [0.3, 0.4) is 0 Å². The van der Waals surface area contributed by atoms with Crippen molar-refractivity contribution in [2.75, 3.05) is 27.3 Å². The smallest absolute Gasteiger partial charge is 0.365 e. The van der Waals surface area contributed by atoms with Gasteiger partial charge in [-0.05, 0) is 133 Å². The maximum atomic E-state index is 14.8. The van der Waals surface area contributed by atoms with Crippen molar-refractivity contribution < 1.29 is 49.8 Å². The van der Waals surface area contributed by atoms with E-state index in [9.17, 15) is 40.3 Å². The number of benzene rings is 6. The van der Waals surface area contributed by atoms with Crippen LogP contribution in [-0.4, -0.2) is 54.6 Å². The number of alkyl halides is 3. The number of nitrogens with two attached hydrogens (primary N) is 1. The molecule has 0 aliphatic rings. The summed E-state index contributed by atoms with van der Waals surface area (Å²) < 4.78 is 110. The number of aromatic nitrogens is 2. The Morgan fingerprint density at radius 3 is 1.32 bits per heavy atom. The molecule has 0 aliphatic carbocycles. The summed E-state index contributed by atoms with van der Waals surface area (Å²) in [5.74, 6) is -3.39. The number of hydrogen-bond donors (Lipinski definition) is 2. The number of halogens is 8. The van der Waals surface area contributed by atoms with Crippen molar-refractivity contribution in [3.8, 4) is 0 Å². The highest BCUT2D eigenvalue weighted by molar-refractivity contribution is 6.65. The van der Waals surface area contributed by atoms with Crippen LogP contribution in [0.2, 0.25) is 0 Å². The Morgan fingerprint density at radius 2 is 0.949 bits per heavy atom. The second kappa shape index (κ2) is 26.2. The molecule has 1 amide bonds. The van der Waals surface area contributed by atoms with E-state index >= 15 is 0 Å². The highest BCUT2D eigenvalue weighted by Crippen LogP contribution is 2.43. The van der Waals surface area contributed by atoms with Crippen LogP contribution in [0, 0.1) is 37.1 Å². The van der Waals surface area contributed by atoms with Crippen LogP contribution in [0.5, 0.6) is 0 Å². The fraction of sp³-hybridized carbons (Fsp3) is 0.226. The van der Waals surface area contributed by atoms with E-state index in [4.69, 9.17) is 26.8 Å². The molecule has 3 N–H and O–H groups in total. The van der Waals surface area contributed by atoms with Crippen molar-refractivity contribution in [3.63, 3.8) is 0 Å². The minimum atomic E-state index is -5.13. The third-order valence-corrected chi connectivity index (χ3v) is 13.9. The molecule has 8 rings (SSSR count). The number of pyridine rings is 2. The number of methoxy groups -OCH3 is 2. The fourth-order valence-corrected chi connectivity index (χ4v) is 9.49. The predicted octanol–water partition coefficient (Wildman–Crippen LogP) is 12.9. The van der Waals surface area contributed by atoms with Gasteiger partial charge in [-0.3, -0.25) is 19.6 Å². The highest BCUT2D eigenvalue weighted by Gasteiger charge is 2.63. The monoisotopic (exact) mass is 1090 g/mol. The summed E-state index contributed by atoms with van der Waals surface area (Å²) in [7, 11) is 2.28. The first kappa shape index (κ1) is 59.7. The number of carbonyl (C=O) groups is 2. The van der Waals surface area contributed by atoms with Gasteiger partial charge >= 0.3 is 6.18 Å². The molecule has 0 fully saturated rings. The first-order valence-electron chi connectivity index (χ1n) is 24.5. The van der Waals surface area contributed by atoms with Gasteiger partial charge in [0.2, 0.25) is 0 Å². The van der Waals surface area contributed by atoms with Crippen LogP contribution in [0.25, 0.3) is 0 Å². The molecule has 2 heterocycles. The van der Waals surface area contributed by atoms with Gasteiger partial charge in [-0.15, -0.1) is 0 Å². The Balaban J connectivity index is 0.000000218. The molecule has 8 nitrogen and oxygen atoms in total. The van der Waals surface area contributed by atoms with Crippen molar-refractivity contribution in [1.29, 1.82) is 0 Å². The average molecular weight is 1090 g/mol. The number of ether oxygens (including phenoxy) is 2. The number of hydrogen-bond acceptors (Lipinski definition) is 7. The van der Waals surface area contributed by atoms with Crippen molar-refractivity contribution in [3.05, 3.63) is 274 Å². The summed E-state index contributed by atoms with van der Waals surface area (Å²) >= 11 is 5.46. The molecule has 0 aliphatic heterocycles. The van der Waals surface area contributed by atoms with Crippen LogP contribution in [0.15, 0.2) is 194 Å². The van der Waals surface area contributed by atoms with E-state index in [0.29, 0.717) is 23.2 Å². The molecule has 0 saturated heterocycles. The van der Waals surface area contributed by atoms with Crippen LogP contribution in [0.4, 0.5) is 30.7 Å². The van der Waals surface area contributed by atoms with E-state index in [0.717, 1.165) is 59.3 Å². The molecule has 4 atom stereocenters. The topological polar surface area (TPSA) is 116 Å². The van der Waals surface area contributed by atoms with E-state index in [1.54, 1.807) is 56.3 Å². The molecule has 0 radical (unpaired) electrons. The summed E-state index contributed by atoms with van der Waals surface area (Å²) in [4.78, 5) is 33.2. The highest BCUT2D eigenvalue weighted by atomic mass is 35.5. The lowest BCUT2D eigenvalue weighted by Gasteiger charge is -2.38. The quantitative estimate of drug-likeness (QED) is 0.0689. The Hall–Kier alpha value is -7.56. The third kappa shape index (κ3) is 13.8. The normalized spacial score (nSPS) is 14.3. The lowest BCUT2D eigenvalue weighted by atomic mass is 9.72. The minimum absolute atomic E-state index is 0.104. The zero-order chi connectivity index (χ0) is 56.7. The molecule has 2 aromatic heterocycles. The summed E-state index contributed by atoms with van der Waals surface area (Å²) in [6.07, 6.45) is -2.32. The van der Waals surface area contributed by atoms with Gasteiger partial charge in [-0.2, -0.15) is 13.2 Å². The van der Waals surface area contributed by atoms with Crippen molar-refractivity contribution >= 4 is 22.8 Å². The number of nitrogens with zero attached hydrogens (tertiary/aromatic N) is 2. The molecule has 0 unspecified atom stereocenters. The van der Waals surface area contributed by atoms with Crippen molar-refractivity contribution in [2.24, 2.45) is 5.73 Å². The zero-order valence-electron chi connectivity index (χ0n) is 43.4. The summed E-state index contributed by atoms with van der Waals surface area (Å²) in [6, 6.07) is 49.2. The first-order chi connectivity index (χ1) is 37.2. The molecule has 0 bridgehead atoms. The lowest BCUT2D eigenvalue weighted by molar-refractivity contribution is -0.265. The van der Waals surface area contributed by atoms with Gasteiger partial charge in [0.15, 0.2) is 5.60 Å². The van der Waals surface area contributed by atoms with E-state index in [1.165, 1.54) is 67.9 Å². The number of amides is 1. The molecular formula is C62H58ClF7N4O4. The van der Waals surface area contributed by atoms with E-state index in [1.807, 2.05) is 73.7 Å². The van der Waals surface area contributed by atoms with E-state index in [-0.39, 0.29) is 24.5 Å². The Labute approximate surface area is 454 Å². The fourth-order valence-electron chi connectivity index (χ4n) is 9.31. The molecule has 0 saturated carbocycles. The summed E-state index contributed by atoms with van der Waals surface area (Å²) in [5.41, 5.74) is 5.19. The molecule has 6 aromatic carbocycles. The second-order valence-electron chi connectivity index (χ2n) is 18.8. The SMILES string of the molecule is CO[C@](C(=O)NC[C@](Cc1ccccc1)(c1cc(C)cc(F)c1)c1ccc(F)cn1)(c1ccccc1)C(F)(F)F.CO[C@](C)(C(=O)Cl)c1ccccc1.Cc1cc(F)cc([C@](CN)(Cc2ccccc2)c2ccc(F)cn2)c1. The molecule has 8 aromatic rings. The van der Waals surface area contributed by atoms with Crippen molar-refractivity contribution in [1.82, 2.24) is 15.3 Å². The lowest BCUT2D eigenvalue weighted by Crippen LogP contribution is -2.58. The van der Waals surface area contributed by atoms with Crippen LogP contribution in [-0.2, 0) is 53.9 Å². The summed E-state index contributed by atoms with van der Waals surface area (Å²) in [6.45, 7) is 4.96. The number of carbonyl (C=O) groups excluding carboxylic acids is 2. The number of aryl methyl sites for hydroxylation is 2. The largest absolute Gasteiger partial charge is 0.430 e. The first-order valence-corrected chi connectivity index (χ1v) is 24.9. The van der Waals surface area contributed by atoms with Gasteiger partial charge in [-0.25, -0.2) is 17.6 Å². The van der Waals surface area contributed by atoms with E-state index < -0.39 is 68.9 Å². The predicted molar refractivity (Wildman–Crippen MR) is 287 cm³/mol. The summed E-state index contributed by atoms with van der Waals surface area (Å²) in [5, 5.41) is 1.94. The minimum Gasteiger partial charge on any atom is -0.365 e. The average Bonchev–Trinajstić information content (AvgIpc) is 3.49. The van der Waals surface area contributed by atoms with Crippen LogP contribution >= 0.6 is 11.6 Å². The maximum Gasteiger partial charge on any atom is 0.430 e. The van der Waals surface area contributed by atoms with Gasteiger partial charge in [0.25, 0.3) is 16.8 Å². The van der Waals surface area contributed by atoms with Crippen LogP contribution in [0.1, 0.15) is 62.8 Å². The van der Waals surface area contributed by atoms with Gasteiger partial charge in [0.1, 0.15) is 23.3 Å².